The standard InChI is InChI=1S/C28H28F4N2O3/c1-16(2)20-13-23(26(37-4)14-24(20)29)19-7-6-18(28(30,31)32)12-21(19)22-11-17(5-8-25(22)36-3)15-34-10-9-33-27(34)35/h5-8,11-14,16H,9-10,15H2,1-4H3,(H,33,35). The number of carbonyl (C=O) groups excluding carboxylic acids is 1. The number of halogens is 4. The lowest BCUT2D eigenvalue weighted by molar-refractivity contribution is -0.137. The Labute approximate surface area is 213 Å². The summed E-state index contributed by atoms with van der Waals surface area (Å²) in [5.41, 5.74) is 1.87. The second-order valence-electron chi connectivity index (χ2n) is 9.17. The molecule has 0 spiro atoms. The van der Waals surface area contributed by atoms with Gasteiger partial charge in [0, 0.05) is 36.8 Å². The molecule has 9 heteroatoms. The van der Waals surface area contributed by atoms with E-state index in [4.69, 9.17) is 9.47 Å². The van der Waals surface area contributed by atoms with Crippen molar-refractivity contribution in [2.45, 2.75) is 32.5 Å². The number of alkyl halides is 3. The molecule has 2 amide bonds. The summed E-state index contributed by atoms with van der Waals surface area (Å²) < 4.78 is 67.1. The van der Waals surface area contributed by atoms with Crippen LogP contribution in [0.2, 0.25) is 0 Å². The fraction of sp³-hybridized carbons (Fsp3) is 0.321. The zero-order valence-electron chi connectivity index (χ0n) is 21.0. The van der Waals surface area contributed by atoms with E-state index in [9.17, 15) is 22.4 Å². The Balaban J connectivity index is 1.96. The summed E-state index contributed by atoms with van der Waals surface area (Å²) in [4.78, 5) is 13.7. The molecule has 0 aliphatic carbocycles. The fourth-order valence-electron chi connectivity index (χ4n) is 4.52. The fourth-order valence-corrected chi connectivity index (χ4v) is 4.52. The lowest BCUT2D eigenvalue weighted by atomic mass is 9.88. The van der Waals surface area contributed by atoms with Crippen LogP contribution in [0.4, 0.5) is 22.4 Å². The number of rotatable bonds is 7. The highest BCUT2D eigenvalue weighted by Crippen LogP contribution is 2.45. The van der Waals surface area contributed by atoms with Gasteiger partial charge >= 0.3 is 12.2 Å². The second-order valence-corrected chi connectivity index (χ2v) is 9.17. The summed E-state index contributed by atoms with van der Waals surface area (Å²) in [5, 5.41) is 2.74. The molecule has 3 aromatic rings. The van der Waals surface area contributed by atoms with Crippen molar-refractivity contribution in [3.05, 3.63) is 71.0 Å². The number of hydrogen-bond acceptors (Lipinski definition) is 3. The van der Waals surface area contributed by atoms with Gasteiger partial charge in [0.15, 0.2) is 0 Å². The van der Waals surface area contributed by atoms with Crippen LogP contribution in [0.1, 0.15) is 36.5 Å². The van der Waals surface area contributed by atoms with Gasteiger partial charge in [0.1, 0.15) is 17.3 Å². The van der Waals surface area contributed by atoms with Crippen molar-refractivity contribution in [2.24, 2.45) is 0 Å². The quantitative estimate of drug-likeness (QED) is 0.350. The highest BCUT2D eigenvalue weighted by atomic mass is 19.4. The predicted molar refractivity (Wildman–Crippen MR) is 133 cm³/mol. The van der Waals surface area contributed by atoms with Gasteiger partial charge in [0.05, 0.1) is 19.8 Å². The van der Waals surface area contributed by atoms with E-state index in [-0.39, 0.29) is 29.8 Å². The molecule has 0 saturated carbocycles. The van der Waals surface area contributed by atoms with E-state index in [1.165, 1.54) is 26.4 Å². The normalized spacial score (nSPS) is 13.8. The molecule has 1 aliphatic heterocycles. The van der Waals surface area contributed by atoms with Crippen molar-refractivity contribution in [2.75, 3.05) is 27.3 Å². The second kappa shape index (κ2) is 10.3. The van der Waals surface area contributed by atoms with Gasteiger partial charge in [-0.15, -0.1) is 0 Å². The van der Waals surface area contributed by atoms with Crippen LogP contribution in [-0.2, 0) is 12.7 Å². The zero-order valence-corrected chi connectivity index (χ0v) is 21.0. The lowest BCUT2D eigenvalue weighted by Crippen LogP contribution is -2.27. The molecular weight excluding hydrogens is 488 g/mol. The highest BCUT2D eigenvalue weighted by Gasteiger charge is 2.32. The van der Waals surface area contributed by atoms with E-state index in [2.05, 4.69) is 5.32 Å². The number of benzene rings is 3. The molecule has 5 nitrogen and oxygen atoms in total. The topological polar surface area (TPSA) is 50.8 Å². The van der Waals surface area contributed by atoms with Crippen molar-refractivity contribution in [3.63, 3.8) is 0 Å². The maximum atomic E-state index is 14.7. The van der Waals surface area contributed by atoms with Gasteiger partial charge in [-0.25, -0.2) is 9.18 Å². The van der Waals surface area contributed by atoms with Gasteiger partial charge in [0.25, 0.3) is 0 Å². The number of nitrogens with zero attached hydrogens (tertiary/aromatic N) is 1. The molecule has 1 N–H and O–H groups in total. The largest absolute Gasteiger partial charge is 0.496 e. The Bertz CT molecular complexity index is 1320. The first-order valence-electron chi connectivity index (χ1n) is 11.8. The number of carbonyl (C=O) groups is 1. The minimum atomic E-state index is -4.58. The van der Waals surface area contributed by atoms with E-state index in [0.717, 1.165) is 17.7 Å². The average molecular weight is 517 g/mol. The zero-order chi connectivity index (χ0) is 26.9. The lowest BCUT2D eigenvalue weighted by Gasteiger charge is -2.21. The van der Waals surface area contributed by atoms with Gasteiger partial charge < -0.3 is 19.7 Å². The summed E-state index contributed by atoms with van der Waals surface area (Å²) in [6.45, 7) is 5.02. The number of amides is 2. The summed E-state index contributed by atoms with van der Waals surface area (Å²) in [6.07, 6.45) is -4.58. The van der Waals surface area contributed by atoms with E-state index in [1.54, 1.807) is 29.2 Å². The van der Waals surface area contributed by atoms with Crippen LogP contribution in [-0.4, -0.2) is 38.2 Å². The van der Waals surface area contributed by atoms with Crippen LogP contribution in [0.15, 0.2) is 48.5 Å². The highest BCUT2D eigenvalue weighted by molar-refractivity contribution is 5.89. The predicted octanol–water partition coefficient (Wildman–Crippen LogP) is 6.84. The Morgan fingerprint density at radius 1 is 0.919 bits per heavy atom. The summed E-state index contributed by atoms with van der Waals surface area (Å²) in [6, 6.07) is 11.3. The summed E-state index contributed by atoms with van der Waals surface area (Å²) in [7, 11) is 2.83. The molecule has 0 bridgehead atoms. The van der Waals surface area contributed by atoms with Crippen LogP contribution in [0.3, 0.4) is 0 Å². The Morgan fingerprint density at radius 3 is 2.22 bits per heavy atom. The van der Waals surface area contributed by atoms with Crippen LogP contribution < -0.4 is 14.8 Å². The molecule has 3 aromatic carbocycles. The van der Waals surface area contributed by atoms with E-state index in [1.807, 2.05) is 13.8 Å². The van der Waals surface area contributed by atoms with Crippen molar-refractivity contribution in [1.82, 2.24) is 10.2 Å². The number of ether oxygens (including phenoxy) is 2. The van der Waals surface area contributed by atoms with Crippen molar-refractivity contribution in [1.29, 1.82) is 0 Å². The third-order valence-corrected chi connectivity index (χ3v) is 6.45. The van der Waals surface area contributed by atoms with Crippen LogP contribution in [0.25, 0.3) is 22.3 Å². The van der Waals surface area contributed by atoms with Gasteiger partial charge in [-0.1, -0.05) is 26.0 Å². The molecule has 1 aliphatic rings. The van der Waals surface area contributed by atoms with Crippen molar-refractivity contribution >= 4 is 6.03 Å². The molecule has 0 aromatic heterocycles. The SMILES string of the molecule is COc1ccc(CN2CCNC2=O)cc1-c1cc(C(F)(F)F)ccc1-c1cc(C(C)C)c(F)cc1OC. The molecule has 37 heavy (non-hydrogen) atoms. The monoisotopic (exact) mass is 516 g/mol. The van der Waals surface area contributed by atoms with Crippen LogP contribution in [0, 0.1) is 5.82 Å². The summed E-state index contributed by atoms with van der Waals surface area (Å²) in [5.74, 6) is -0.0494. The van der Waals surface area contributed by atoms with E-state index >= 15 is 0 Å². The Hall–Kier alpha value is -3.75. The average Bonchev–Trinajstić information content (AvgIpc) is 3.26. The maximum Gasteiger partial charge on any atom is 0.416 e. The van der Waals surface area contributed by atoms with E-state index in [0.29, 0.717) is 41.1 Å². The minimum absolute atomic E-state index is 0.160. The molecule has 1 heterocycles. The maximum absolute atomic E-state index is 14.7. The smallest absolute Gasteiger partial charge is 0.416 e. The molecule has 4 rings (SSSR count). The van der Waals surface area contributed by atoms with Gasteiger partial charge in [-0.05, 0) is 58.5 Å². The number of hydrogen-bond donors (Lipinski definition) is 1. The molecule has 196 valence electrons. The van der Waals surface area contributed by atoms with Crippen molar-refractivity contribution < 1.29 is 31.8 Å². The molecule has 0 atom stereocenters. The van der Waals surface area contributed by atoms with Crippen molar-refractivity contribution in [3.8, 4) is 33.8 Å². The Morgan fingerprint density at radius 2 is 1.62 bits per heavy atom. The minimum Gasteiger partial charge on any atom is -0.496 e. The third-order valence-electron chi connectivity index (χ3n) is 6.45. The first-order valence-corrected chi connectivity index (χ1v) is 11.8. The van der Waals surface area contributed by atoms with Crippen LogP contribution in [0.5, 0.6) is 11.5 Å². The molecule has 0 radical (unpaired) electrons. The van der Waals surface area contributed by atoms with Gasteiger partial charge in [-0.2, -0.15) is 13.2 Å². The third kappa shape index (κ3) is 5.35. The Kier molecular flexibility index (Phi) is 7.34. The van der Waals surface area contributed by atoms with E-state index < -0.39 is 17.6 Å². The van der Waals surface area contributed by atoms with Gasteiger partial charge in [-0.3, -0.25) is 0 Å². The molecular formula is C28H28F4N2O3. The number of urea groups is 1. The van der Waals surface area contributed by atoms with Crippen LogP contribution >= 0.6 is 0 Å². The molecule has 1 saturated heterocycles. The molecule has 0 unspecified atom stereocenters. The molecule has 1 fully saturated rings. The first kappa shape index (κ1) is 26.3. The van der Waals surface area contributed by atoms with Gasteiger partial charge in [0.2, 0.25) is 0 Å². The number of nitrogens with one attached hydrogen (secondary N) is 1. The first-order chi connectivity index (χ1) is 17.5. The number of methoxy groups -OCH3 is 2. The summed E-state index contributed by atoms with van der Waals surface area (Å²) >= 11 is 0.